The van der Waals surface area contributed by atoms with Crippen molar-refractivity contribution in [3.05, 3.63) is 54.6 Å². The van der Waals surface area contributed by atoms with Crippen molar-refractivity contribution in [3.8, 4) is 0 Å². The Morgan fingerprint density at radius 1 is 1.32 bits per heavy atom. The van der Waals surface area contributed by atoms with E-state index in [1.165, 1.54) is 28.0 Å². The molecule has 0 spiro atoms. The number of rotatable bonds is 7. The fourth-order valence-corrected chi connectivity index (χ4v) is 3.94. The lowest BCUT2D eigenvalue weighted by molar-refractivity contribution is -0.116. The van der Waals surface area contributed by atoms with Crippen molar-refractivity contribution in [3.63, 3.8) is 0 Å². The molecule has 6 nitrogen and oxygen atoms in total. The highest BCUT2D eigenvalue weighted by Crippen LogP contribution is 2.31. The highest BCUT2D eigenvalue weighted by molar-refractivity contribution is 8.01. The van der Waals surface area contributed by atoms with Crippen LogP contribution in [0, 0.1) is 0 Å². The van der Waals surface area contributed by atoms with Crippen molar-refractivity contribution >= 4 is 45.7 Å². The van der Waals surface area contributed by atoms with Crippen LogP contribution in [-0.2, 0) is 4.79 Å². The largest absolute Gasteiger partial charge is 0.308 e. The van der Waals surface area contributed by atoms with E-state index >= 15 is 0 Å². The summed E-state index contributed by atoms with van der Waals surface area (Å²) >= 11 is 2.82. The predicted molar refractivity (Wildman–Crippen MR) is 101 cm³/mol. The Hall–Kier alpha value is -2.45. The van der Waals surface area contributed by atoms with Crippen molar-refractivity contribution in [2.75, 3.05) is 17.6 Å². The molecule has 25 heavy (non-hydrogen) atoms. The van der Waals surface area contributed by atoms with Gasteiger partial charge < -0.3 is 10.2 Å². The molecule has 2 aromatic rings. The highest BCUT2D eigenvalue weighted by Gasteiger charge is 2.30. The van der Waals surface area contributed by atoms with Gasteiger partial charge in [0.1, 0.15) is 0 Å². The van der Waals surface area contributed by atoms with Crippen LogP contribution in [0.1, 0.15) is 22.3 Å². The minimum absolute atomic E-state index is 0.118. The van der Waals surface area contributed by atoms with Crippen molar-refractivity contribution in [2.24, 2.45) is 0 Å². The van der Waals surface area contributed by atoms with Gasteiger partial charge in [-0.05, 0) is 6.07 Å². The van der Waals surface area contributed by atoms with Crippen LogP contribution in [0.5, 0.6) is 0 Å². The van der Waals surface area contributed by atoms with E-state index in [4.69, 9.17) is 0 Å². The maximum atomic E-state index is 12.4. The Balaban J connectivity index is 1.55. The van der Waals surface area contributed by atoms with Gasteiger partial charge in [-0.1, -0.05) is 54.0 Å². The lowest BCUT2D eigenvalue weighted by Gasteiger charge is -2.16. The summed E-state index contributed by atoms with van der Waals surface area (Å²) in [6.07, 6.45) is 1.94. The number of hydrogen-bond acceptors (Lipinski definition) is 6. The van der Waals surface area contributed by atoms with Crippen LogP contribution >= 0.6 is 23.1 Å². The summed E-state index contributed by atoms with van der Waals surface area (Å²) in [5.41, 5.74) is 2.08. The van der Waals surface area contributed by atoms with Crippen molar-refractivity contribution in [2.45, 2.75) is 10.8 Å². The number of aromatic nitrogens is 2. The summed E-state index contributed by atoms with van der Waals surface area (Å²) in [6, 6.07) is 7.31. The third kappa shape index (κ3) is 3.80. The monoisotopic (exact) mass is 372 g/mol. The summed E-state index contributed by atoms with van der Waals surface area (Å²) in [4.78, 5) is 26.0. The predicted octanol–water partition coefficient (Wildman–Crippen LogP) is 3.27. The van der Waals surface area contributed by atoms with Crippen LogP contribution in [0.3, 0.4) is 0 Å². The zero-order valence-corrected chi connectivity index (χ0v) is 15.0. The summed E-state index contributed by atoms with van der Waals surface area (Å²) in [5, 5.41) is 11.1. The SMILES string of the molecule is C=CCSc1nnc(NC(=O)CCN2C(=C)c3ccccc3C2=O)s1. The zero-order valence-electron chi connectivity index (χ0n) is 13.4. The molecule has 0 aliphatic carbocycles. The molecule has 1 aliphatic heterocycles. The third-order valence-corrected chi connectivity index (χ3v) is 5.55. The summed E-state index contributed by atoms with van der Waals surface area (Å²) < 4.78 is 0.772. The van der Waals surface area contributed by atoms with Gasteiger partial charge in [0.25, 0.3) is 5.91 Å². The van der Waals surface area contributed by atoms with E-state index in [-0.39, 0.29) is 24.8 Å². The molecule has 0 unspecified atom stereocenters. The smallest absolute Gasteiger partial charge is 0.258 e. The first-order valence-corrected chi connectivity index (χ1v) is 9.37. The topological polar surface area (TPSA) is 75.2 Å². The van der Waals surface area contributed by atoms with Crippen LogP contribution in [0.15, 0.2) is 47.8 Å². The van der Waals surface area contributed by atoms with Gasteiger partial charge in [0.05, 0.1) is 0 Å². The number of amides is 2. The zero-order chi connectivity index (χ0) is 17.8. The third-order valence-electron chi connectivity index (χ3n) is 3.58. The molecular weight excluding hydrogens is 356 g/mol. The van der Waals surface area contributed by atoms with E-state index in [0.717, 1.165) is 15.7 Å². The number of fused-ring (bicyclic) bond motifs is 1. The number of anilines is 1. The molecule has 1 aromatic heterocycles. The summed E-state index contributed by atoms with van der Waals surface area (Å²) in [5.74, 6) is 0.405. The first-order valence-electron chi connectivity index (χ1n) is 7.57. The van der Waals surface area contributed by atoms with E-state index in [1.807, 2.05) is 18.2 Å². The van der Waals surface area contributed by atoms with Crippen LogP contribution in [-0.4, -0.2) is 39.2 Å². The van der Waals surface area contributed by atoms with Gasteiger partial charge in [-0.15, -0.1) is 16.8 Å². The summed E-state index contributed by atoms with van der Waals surface area (Å²) in [7, 11) is 0. The molecule has 2 heterocycles. The number of carbonyl (C=O) groups excluding carboxylic acids is 2. The first-order chi connectivity index (χ1) is 12.1. The fraction of sp³-hybridized carbons (Fsp3) is 0.176. The minimum atomic E-state index is -0.215. The molecule has 0 bridgehead atoms. The average molecular weight is 372 g/mol. The number of nitrogens with one attached hydrogen (secondary N) is 1. The second-order valence-electron chi connectivity index (χ2n) is 5.22. The quantitative estimate of drug-likeness (QED) is 0.459. The molecule has 128 valence electrons. The fourth-order valence-electron chi connectivity index (χ4n) is 2.42. The molecule has 0 saturated heterocycles. The number of nitrogens with zero attached hydrogens (tertiary/aromatic N) is 3. The lowest BCUT2D eigenvalue weighted by Crippen LogP contribution is -2.27. The van der Waals surface area contributed by atoms with E-state index in [2.05, 4.69) is 28.7 Å². The Morgan fingerprint density at radius 3 is 2.80 bits per heavy atom. The number of carbonyl (C=O) groups is 2. The molecule has 2 amide bonds. The van der Waals surface area contributed by atoms with Crippen molar-refractivity contribution in [1.29, 1.82) is 0 Å². The van der Waals surface area contributed by atoms with Gasteiger partial charge in [0.15, 0.2) is 4.34 Å². The van der Waals surface area contributed by atoms with Crippen LogP contribution < -0.4 is 5.32 Å². The molecular formula is C17H16N4O2S2. The Kier molecular flexibility index (Phi) is 5.30. The van der Waals surface area contributed by atoms with E-state index in [9.17, 15) is 9.59 Å². The highest BCUT2D eigenvalue weighted by atomic mass is 32.2. The molecule has 0 atom stereocenters. The Labute approximate surface area is 153 Å². The second kappa shape index (κ2) is 7.62. The molecule has 1 aliphatic rings. The molecule has 0 saturated carbocycles. The van der Waals surface area contributed by atoms with Crippen LogP contribution in [0.4, 0.5) is 5.13 Å². The standard InChI is InChI=1S/C17H16N4O2S2/c1-3-10-24-17-20-19-16(25-17)18-14(22)8-9-21-11(2)12-6-4-5-7-13(12)15(21)23/h3-7H,1-2,8-10H2,(H,18,19,22). The molecule has 3 rings (SSSR count). The molecule has 8 heteroatoms. The van der Waals surface area contributed by atoms with E-state index in [1.54, 1.807) is 12.1 Å². The minimum Gasteiger partial charge on any atom is -0.308 e. The van der Waals surface area contributed by atoms with E-state index < -0.39 is 0 Å². The van der Waals surface area contributed by atoms with Gasteiger partial charge in [-0.2, -0.15) is 0 Å². The second-order valence-corrected chi connectivity index (χ2v) is 7.46. The van der Waals surface area contributed by atoms with Gasteiger partial charge in [0, 0.05) is 35.5 Å². The van der Waals surface area contributed by atoms with Crippen molar-refractivity contribution < 1.29 is 9.59 Å². The Morgan fingerprint density at radius 2 is 2.08 bits per heavy atom. The molecule has 1 N–H and O–H groups in total. The molecule has 0 fully saturated rings. The molecule has 0 radical (unpaired) electrons. The van der Waals surface area contributed by atoms with Gasteiger partial charge >= 0.3 is 0 Å². The normalized spacial score (nSPS) is 13.0. The maximum absolute atomic E-state index is 12.4. The summed E-state index contributed by atoms with van der Waals surface area (Å²) in [6.45, 7) is 7.88. The van der Waals surface area contributed by atoms with Crippen LogP contribution in [0.2, 0.25) is 0 Å². The molecule has 1 aromatic carbocycles. The Bertz CT molecular complexity index is 812. The first kappa shape index (κ1) is 17.4. The van der Waals surface area contributed by atoms with Gasteiger partial charge in [0.2, 0.25) is 11.0 Å². The average Bonchev–Trinajstić information content (AvgIpc) is 3.15. The lowest BCUT2D eigenvalue weighted by atomic mass is 10.1. The van der Waals surface area contributed by atoms with Gasteiger partial charge in [-0.25, -0.2) is 0 Å². The maximum Gasteiger partial charge on any atom is 0.258 e. The van der Waals surface area contributed by atoms with Crippen LogP contribution in [0.25, 0.3) is 5.70 Å². The number of hydrogen-bond donors (Lipinski definition) is 1. The van der Waals surface area contributed by atoms with Crippen molar-refractivity contribution in [1.82, 2.24) is 15.1 Å². The van der Waals surface area contributed by atoms with Gasteiger partial charge in [-0.3, -0.25) is 9.59 Å². The van der Waals surface area contributed by atoms with E-state index in [0.29, 0.717) is 16.4 Å². The number of benzene rings is 1. The number of thioether (sulfide) groups is 1.